The molecule has 0 N–H and O–H groups in total. The Kier molecular flexibility index (Phi) is 4.53. The van der Waals surface area contributed by atoms with Crippen molar-refractivity contribution >= 4 is 13.1 Å². The molecule has 1 fully saturated rings. The number of rotatable bonds is 4. The summed E-state index contributed by atoms with van der Waals surface area (Å²) in [6, 6.07) is 10.5. The molecule has 18 heavy (non-hydrogen) atoms. The van der Waals surface area contributed by atoms with Crippen molar-refractivity contribution in [3.63, 3.8) is 0 Å². The lowest BCUT2D eigenvalue weighted by Gasteiger charge is -2.26. The Bertz CT molecular complexity index is 404. The first kappa shape index (κ1) is 13.7. The molecule has 1 aliphatic rings. The molecule has 98 valence electrons. The number of hydrogen-bond donors (Lipinski definition) is 0. The Morgan fingerprint density at radius 2 is 1.89 bits per heavy atom. The van der Waals surface area contributed by atoms with Crippen LogP contribution in [0.2, 0.25) is 0 Å². The molecule has 0 amide bonds. The minimum absolute atomic E-state index is 0.361. The zero-order valence-electron chi connectivity index (χ0n) is 11.5. The average Bonchev–Trinajstić information content (AvgIpc) is 2.87. The maximum atomic E-state index is 12.7. The molecule has 1 aromatic carbocycles. The Morgan fingerprint density at radius 1 is 1.22 bits per heavy atom. The molecule has 0 radical (unpaired) electrons. The Morgan fingerprint density at radius 3 is 2.50 bits per heavy atom. The van der Waals surface area contributed by atoms with Crippen molar-refractivity contribution in [2.45, 2.75) is 37.9 Å². The van der Waals surface area contributed by atoms with E-state index in [1.807, 2.05) is 30.3 Å². The molecule has 1 saturated carbocycles. The largest absolute Gasteiger partial charge is 0.380 e. The van der Waals surface area contributed by atoms with Crippen LogP contribution in [0.4, 0.5) is 0 Å². The minimum Gasteiger partial charge on any atom is -0.306 e. The fourth-order valence-electron chi connectivity index (χ4n) is 2.97. The van der Waals surface area contributed by atoms with Gasteiger partial charge < -0.3 is 4.90 Å². The minimum atomic E-state index is -1.25. The smallest absolute Gasteiger partial charge is 0.306 e. The third-order valence-corrected chi connectivity index (χ3v) is 6.33. The summed E-state index contributed by atoms with van der Waals surface area (Å²) in [5, 5.41) is 1.02. The van der Waals surface area contributed by atoms with Crippen LogP contribution in [0.15, 0.2) is 30.3 Å². The van der Waals surface area contributed by atoms with E-state index in [0.717, 1.165) is 11.7 Å². The highest BCUT2D eigenvalue weighted by Crippen LogP contribution is 2.44. The van der Waals surface area contributed by atoms with Gasteiger partial charge in [0.25, 0.3) is 0 Å². The highest BCUT2D eigenvalue weighted by atomic mass is 31.1. The molecule has 0 heterocycles. The molecule has 3 heteroatoms. The van der Waals surface area contributed by atoms with Crippen molar-refractivity contribution < 1.29 is 4.57 Å². The van der Waals surface area contributed by atoms with E-state index in [-0.39, 0.29) is 0 Å². The van der Waals surface area contributed by atoms with E-state index >= 15 is 0 Å². The number of benzene rings is 1. The van der Waals surface area contributed by atoms with Gasteiger partial charge in [-0.15, -0.1) is 0 Å². The predicted molar refractivity (Wildman–Crippen MR) is 78.0 cm³/mol. The summed E-state index contributed by atoms with van der Waals surface area (Å²) >= 11 is 0. The fraction of sp³-hybridized carbons (Fsp3) is 0.600. The van der Waals surface area contributed by atoms with Gasteiger partial charge in [-0.05, 0) is 52.4 Å². The van der Waals surface area contributed by atoms with Gasteiger partial charge in [-0.2, -0.15) is 0 Å². The molecule has 0 aromatic heterocycles. The molecular weight excluding hydrogens is 241 g/mol. The Balaban J connectivity index is 2.15. The van der Waals surface area contributed by atoms with Crippen molar-refractivity contribution in [3.05, 3.63) is 30.3 Å². The quantitative estimate of drug-likeness (QED) is 0.778. The van der Waals surface area contributed by atoms with Crippen molar-refractivity contribution in [1.29, 1.82) is 0 Å². The second kappa shape index (κ2) is 5.95. The third kappa shape index (κ3) is 2.81. The number of hydrogen-bond acceptors (Lipinski definition) is 2. The highest BCUT2D eigenvalue weighted by Gasteiger charge is 2.45. The van der Waals surface area contributed by atoms with Crippen LogP contribution in [0, 0.1) is 5.92 Å². The standard InChI is InChI=1S/C15H23NOP/c1-12(16(2)3)14-10-7-11-15(14)18(17)13-8-5-4-6-9-13/h4-6,8-9,12,14-15H,7,10-11H2,1-3H3/q+1/t12-,14?,15?/m1/s1. The summed E-state index contributed by atoms with van der Waals surface area (Å²) in [6.45, 7) is 2.26. The molecule has 0 saturated heterocycles. The van der Waals surface area contributed by atoms with Crippen LogP contribution in [0.1, 0.15) is 26.2 Å². The lowest BCUT2D eigenvalue weighted by Crippen LogP contribution is -2.36. The summed E-state index contributed by atoms with van der Waals surface area (Å²) in [4.78, 5) is 2.26. The van der Waals surface area contributed by atoms with Crippen molar-refractivity contribution in [1.82, 2.24) is 4.90 Å². The van der Waals surface area contributed by atoms with Gasteiger partial charge in [0.1, 0.15) is 0 Å². The maximum Gasteiger partial charge on any atom is 0.380 e. The zero-order chi connectivity index (χ0) is 13.1. The predicted octanol–water partition coefficient (Wildman–Crippen LogP) is 3.26. The van der Waals surface area contributed by atoms with Gasteiger partial charge in [0, 0.05) is 12.0 Å². The van der Waals surface area contributed by atoms with Crippen LogP contribution < -0.4 is 5.30 Å². The SMILES string of the molecule is C[C@H](C1CCCC1[P+](=O)c1ccccc1)N(C)C. The number of nitrogens with zero attached hydrogens (tertiary/aromatic N) is 1. The van der Waals surface area contributed by atoms with Crippen molar-refractivity contribution in [2.75, 3.05) is 14.1 Å². The van der Waals surface area contributed by atoms with Gasteiger partial charge >= 0.3 is 7.80 Å². The first-order chi connectivity index (χ1) is 8.61. The van der Waals surface area contributed by atoms with Crippen LogP contribution >= 0.6 is 7.80 Å². The van der Waals surface area contributed by atoms with Crippen LogP contribution in [0.3, 0.4) is 0 Å². The molecule has 4 atom stereocenters. The Labute approximate surface area is 111 Å². The molecular formula is C15H23NOP+. The second-order valence-corrected chi connectivity index (χ2v) is 7.36. The molecule has 1 aromatic rings. The molecule has 2 rings (SSSR count). The lowest BCUT2D eigenvalue weighted by molar-refractivity contribution is 0.231. The van der Waals surface area contributed by atoms with E-state index in [1.165, 1.54) is 12.8 Å². The van der Waals surface area contributed by atoms with E-state index in [4.69, 9.17) is 0 Å². The molecule has 2 nitrogen and oxygen atoms in total. The van der Waals surface area contributed by atoms with E-state index in [9.17, 15) is 4.57 Å². The maximum absolute atomic E-state index is 12.7. The highest BCUT2D eigenvalue weighted by molar-refractivity contribution is 7.54. The normalized spacial score (nSPS) is 26.3. The van der Waals surface area contributed by atoms with Crippen molar-refractivity contribution in [2.24, 2.45) is 5.92 Å². The molecule has 0 aliphatic heterocycles. The summed E-state index contributed by atoms with van der Waals surface area (Å²) < 4.78 is 12.7. The van der Waals surface area contributed by atoms with Crippen LogP contribution in [-0.4, -0.2) is 30.7 Å². The second-order valence-electron chi connectivity index (χ2n) is 5.53. The molecule has 3 unspecified atom stereocenters. The summed E-state index contributed by atoms with van der Waals surface area (Å²) in [6.07, 6.45) is 3.56. The van der Waals surface area contributed by atoms with Crippen LogP contribution in [0.5, 0.6) is 0 Å². The van der Waals surface area contributed by atoms with Crippen LogP contribution in [0.25, 0.3) is 0 Å². The van der Waals surface area contributed by atoms with Gasteiger partial charge in [0.05, 0.1) is 0 Å². The lowest BCUT2D eigenvalue weighted by atomic mass is 9.99. The van der Waals surface area contributed by atoms with Gasteiger partial charge in [0.2, 0.25) is 0 Å². The monoisotopic (exact) mass is 264 g/mol. The van der Waals surface area contributed by atoms with Gasteiger partial charge in [-0.1, -0.05) is 22.8 Å². The average molecular weight is 264 g/mol. The topological polar surface area (TPSA) is 20.3 Å². The van der Waals surface area contributed by atoms with Gasteiger partial charge in [-0.25, -0.2) is 0 Å². The van der Waals surface area contributed by atoms with E-state index in [1.54, 1.807) is 0 Å². The van der Waals surface area contributed by atoms with E-state index in [0.29, 0.717) is 17.6 Å². The first-order valence-corrected chi connectivity index (χ1v) is 8.12. The fourth-order valence-corrected chi connectivity index (χ4v) is 4.98. The zero-order valence-corrected chi connectivity index (χ0v) is 12.4. The summed E-state index contributed by atoms with van der Waals surface area (Å²) in [5.41, 5.74) is 0.361. The first-order valence-electron chi connectivity index (χ1n) is 6.79. The Hall–Kier alpha value is -0.720. The van der Waals surface area contributed by atoms with Crippen molar-refractivity contribution in [3.8, 4) is 0 Å². The van der Waals surface area contributed by atoms with E-state index in [2.05, 4.69) is 25.9 Å². The van der Waals surface area contributed by atoms with Gasteiger partial charge in [-0.3, -0.25) is 0 Å². The van der Waals surface area contributed by atoms with E-state index < -0.39 is 7.80 Å². The van der Waals surface area contributed by atoms with Crippen LogP contribution in [-0.2, 0) is 4.57 Å². The van der Waals surface area contributed by atoms with Gasteiger partial charge in [0.15, 0.2) is 11.0 Å². The summed E-state index contributed by atoms with van der Waals surface area (Å²) in [7, 11) is 2.99. The summed E-state index contributed by atoms with van der Waals surface area (Å²) in [5.74, 6) is 0.573. The molecule has 1 aliphatic carbocycles. The third-order valence-electron chi connectivity index (χ3n) is 4.28. The molecule has 0 spiro atoms. The molecule has 0 bridgehead atoms.